The van der Waals surface area contributed by atoms with Crippen molar-refractivity contribution in [1.29, 1.82) is 0 Å². The van der Waals surface area contributed by atoms with Crippen LogP contribution in [0.5, 0.6) is 0 Å². The summed E-state index contributed by atoms with van der Waals surface area (Å²) in [5.41, 5.74) is 7.81. The van der Waals surface area contributed by atoms with Crippen molar-refractivity contribution in [2.45, 2.75) is 33.6 Å². The molecule has 0 aliphatic heterocycles. The number of hydrogen-bond acceptors (Lipinski definition) is 3. The van der Waals surface area contributed by atoms with E-state index in [0.29, 0.717) is 12.0 Å². The minimum atomic E-state index is -0.229. The highest BCUT2D eigenvalue weighted by Gasteiger charge is 2.27. The fourth-order valence-corrected chi connectivity index (χ4v) is 2.75. The van der Waals surface area contributed by atoms with Gasteiger partial charge in [-0.15, -0.1) is 0 Å². The van der Waals surface area contributed by atoms with Gasteiger partial charge in [0, 0.05) is 28.2 Å². The summed E-state index contributed by atoms with van der Waals surface area (Å²) in [6.45, 7) is 6.04. The molecular formula is C16H19BrN2O2. The van der Waals surface area contributed by atoms with Crippen molar-refractivity contribution < 1.29 is 9.59 Å². The Balaban J connectivity index is 2.01. The summed E-state index contributed by atoms with van der Waals surface area (Å²) < 4.78 is 0.892. The van der Waals surface area contributed by atoms with E-state index in [1.165, 1.54) is 0 Å². The van der Waals surface area contributed by atoms with Gasteiger partial charge in [0.05, 0.1) is 0 Å². The van der Waals surface area contributed by atoms with Gasteiger partial charge in [-0.2, -0.15) is 0 Å². The van der Waals surface area contributed by atoms with Crippen molar-refractivity contribution in [3.05, 3.63) is 45.6 Å². The van der Waals surface area contributed by atoms with Crippen molar-refractivity contribution in [3.63, 3.8) is 0 Å². The molecule has 0 unspecified atom stereocenters. The number of allylic oxidation sites excluding steroid dienone is 2. The van der Waals surface area contributed by atoms with E-state index in [4.69, 9.17) is 0 Å². The maximum absolute atomic E-state index is 12.1. The molecule has 112 valence electrons. The molecule has 0 bridgehead atoms. The molecular weight excluding hydrogens is 332 g/mol. The van der Waals surface area contributed by atoms with Gasteiger partial charge >= 0.3 is 0 Å². The van der Waals surface area contributed by atoms with Crippen LogP contribution in [-0.4, -0.2) is 11.7 Å². The van der Waals surface area contributed by atoms with Crippen LogP contribution in [0.1, 0.15) is 42.6 Å². The highest BCUT2D eigenvalue weighted by Crippen LogP contribution is 2.32. The van der Waals surface area contributed by atoms with Crippen LogP contribution in [0.2, 0.25) is 0 Å². The van der Waals surface area contributed by atoms with Gasteiger partial charge in [-0.1, -0.05) is 35.8 Å². The molecule has 0 heterocycles. The topological polar surface area (TPSA) is 58.2 Å². The third-order valence-electron chi connectivity index (χ3n) is 3.43. The third-order valence-corrected chi connectivity index (χ3v) is 4.28. The molecule has 0 atom stereocenters. The maximum atomic E-state index is 12.1. The number of ketones is 1. The van der Waals surface area contributed by atoms with E-state index >= 15 is 0 Å². The number of halogens is 1. The summed E-state index contributed by atoms with van der Waals surface area (Å²) in [6.07, 6.45) is 2.84. The van der Waals surface area contributed by atoms with E-state index in [0.717, 1.165) is 22.2 Å². The molecule has 1 aliphatic carbocycles. The van der Waals surface area contributed by atoms with Gasteiger partial charge in [0.1, 0.15) is 0 Å². The van der Waals surface area contributed by atoms with Crippen LogP contribution in [0.25, 0.3) is 0 Å². The van der Waals surface area contributed by atoms with Gasteiger partial charge in [0.2, 0.25) is 0 Å². The number of amides is 1. The van der Waals surface area contributed by atoms with Gasteiger partial charge in [0.25, 0.3) is 5.91 Å². The van der Waals surface area contributed by atoms with Gasteiger partial charge in [-0.3, -0.25) is 15.0 Å². The number of benzene rings is 1. The lowest BCUT2D eigenvalue weighted by Gasteiger charge is -2.29. The molecule has 5 heteroatoms. The standard InChI is InChI=1S/C16H19BrN2O2/c1-10-4-5-11(6-14(10)17)15(21)19-18-12-7-13(20)9-16(2,3)8-12/h4-7,18H,8-9H2,1-3H3,(H,19,21). The number of rotatable bonds is 3. The zero-order valence-electron chi connectivity index (χ0n) is 12.4. The number of hydrogen-bond donors (Lipinski definition) is 2. The Morgan fingerprint density at radius 2 is 2.00 bits per heavy atom. The van der Waals surface area contributed by atoms with Crippen molar-refractivity contribution in [2.75, 3.05) is 0 Å². The minimum Gasteiger partial charge on any atom is -0.302 e. The maximum Gasteiger partial charge on any atom is 0.269 e. The third kappa shape index (κ3) is 4.17. The van der Waals surface area contributed by atoms with Crippen LogP contribution in [0.4, 0.5) is 0 Å². The molecule has 1 aliphatic rings. The zero-order valence-corrected chi connectivity index (χ0v) is 14.0. The van der Waals surface area contributed by atoms with Crippen LogP contribution in [0, 0.1) is 12.3 Å². The molecule has 1 aromatic rings. The number of nitrogens with one attached hydrogen (secondary N) is 2. The Morgan fingerprint density at radius 1 is 1.29 bits per heavy atom. The molecule has 0 saturated carbocycles. The Morgan fingerprint density at radius 3 is 2.62 bits per heavy atom. The molecule has 2 rings (SSSR count). The summed E-state index contributed by atoms with van der Waals surface area (Å²) in [4.78, 5) is 23.7. The lowest BCUT2D eigenvalue weighted by Crippen LogP contribution is -2.39. The molecule has 4 nitrogen and oxygen atoms in total. The molecule has 21 heavy (non-hydrogen) atoms. The van der Waals surface area contributed by atoms with Crippen LogP contribution in [0.3, 0.4) is 0 Å². The summed E-state index contributed by atoms with van der Waals surface area (Å²) in [5.74, 6) is -0.145. The number of hydrazine groups is 1. The molecule has 0 aromatic heterocycles. The van der Waals surface area contributed by atoms with Crippen LogP contribution >= 0.6 is 15.9 Å². The van der Waals surface area contributed by atoms with Gasteiger partial charge in [-0.05, 0) is 36.5 Å². The largest absolute Gasteiger partial charge is 0.302 e. The van der Waals surface area contributed by atoms with Crippen molar-refractivity contribution in [1.82, 2.24) is 10.9 Å². The fraction of sp³-hybridized carbons (Fsp3) is 0.375. The summed E-state index contributed by atoms with van der Waals surface area (Å²) in [6, 6.07) is 5.42. The smallest absolute Gasteiger partial charge is 0.269 e. The molecule has 0 spiro atoms. The predicted molar refractivity (Wildman–Crippen MR) is 85.6 cm³/mol. The molecule has 1 amide bonds. The van der Waals surface area contributed by atoms with Crippen LogP contribution in [-0.2, 0) is 4.79 Å². The highest BCUT2D eigenvalue weighted by molar-refractivity contribution is 9.10. The first-order valence-electron chi connectivity index (χ1n) is 6.83. The van der Waals surface area contributed by atoms with Crippen molar-refractivity contribution in [3.8, 4) is 0 Å². The summed E-state index contributed by atoms with van der Waals surface area (Å²) >= 11 is 3.41. The van der Waals surface area contributed by atoms with Crippen LogP contribution in [0.15, 0.2) is 34.4 Å². The van der Waals surface area contributed by atoms with Crippen LogP contribution < -0.4 is 10.9 Å². The van der Waals surface area contributed by atoms with E-state index in [1.54, 1.807) is 18.2 Å². The Labute approximate surface area is 133 Å². The highest BCUT2D eigenvalue weighted by atomic mass is 79.9. The first-order chi connectivity index (χ1) is 9.77. The van der Waals surface area contributed by atoms with Crippen molar-refractivity contribution in [2.24, 2.45) is 5.41 Å². The van der Waals surface area contributed by atoms with E-state index in [2.05, 4.69) is 26.8 Å². The Bertz CT molecular complexity index is 621. The molecule has 0 radical (unpaired) electrons. The monoisotopic (exact) mass is 350 g/mol. The SMILES string of the molecule is Cc1ccc(C(=O)NNC2=CC(=O)CC(C)(C)C2)cc1Br. The second kappa shape index (κ2) is 6.02. The summed E-state index contributed by atoms with van der Waals surface area (Å²) in [5, 5.41) is 0. The second-order valence-corrected chi connectivity index (χ2v) is 7.05. The normalized spacial score (nSPS) is 17.1. The molecule has 2 N–H and O–H groups in total. The lowest BCUT2D eigenvalue weighted by atomic mass is 9.79. The average molecular weight is 351 g/mol. The van der Waals surface area contributed by atoms with E-state index < -0.39 is 0 Å². The summed E-state index contributed by atoms with van der Waals surface area (Å²) in [7, 11) is 0. The fourth-order valence-electron chi connectivity index (χ4n) is 2.37. The Hall–Kier alpha value is -1.62. The first kappa shape index (κ1) is 15.8. The second-order valence-electron chi connectivity index (χ2n) is 6.20. The van der Waals surface area contributed by atoms with E-state index in [1.807, 2.05) is 26.8 Å². The number of carbonyl (C=O) groups excluding carboxylic acids is 2. The van der Waals surface area contributed by atoms with Gasteiger partial charge in [-0.25, -0.2) is 0 Å². The zero-order chi connectivity index (χ0) is 15.6. The molecule has 0 saturated heterocycles. The molecule has 0 fully saturated rings. The van der Waals surface area contributed by atoms with E-state index in [9.17, 15) is 9.59 Å². The number of carbonyl (C=O) groups is 2. The quantitative estimate of drug-likeness (QED) is 0.822. The van der Waals surface area contributed by atoms with Gasteiger partial charge < -0.3 is 5.43 Å². The Kier molecular flexibility index (Phi) is 4.52. The number of aryl methyl sites for hydroxylation is 1. The lowest BCUT2D eigenvalue weighted by molar-refractivity contribution is -0.117. The average Bonchev–Trinajstić information content (AvgIpc) is 2.37. The predicted octanol–water partition coefficient (Wildman–Crippen LogP) is 3.26. The van der Waals surface area contributed by atoms with E-state index in [-0.39, 0.29) is 17.1 Å². The van der Waals surface area contributed by atoms with Crippen molar-refractivity contribution >= 4 is 27.6 Å². The minimum absolute atomic E-state index is 0.0776. The molecule has 1 aromatic carbocycles. The first-order valence-corrected chi connectivity index (χ1v) is 7.62. The van der Waals surface area contributed by atoms with Gasteiger partial charge in [0.15, 0.2) is 5.78 Å².